The van der Waals surface area contributed by atoms with Gasteiger partial charge >= 0.3 is 0 Å². The molecular formula is C11H19N5O. The number of H-pyrrole nitrogens is 1. The van der Waals surface area contributed by atoms with E-state index in [-0.39, 0.29) is 6.04 Å². The second-order valence-electron chi connectivity index (χ2n) is 4.92. The molecule has 6 heteroatoms. The van der Waals surface area contributed by atoms with Crippen LogP contribution in [-0.2, 0) is 11.2 Å². The minimum atomic E-state index is 0.259. The van der Waals surface area contributed by atoms with Gasteiger partial charge in [0.15, 0.2) is 0 Å². The zero-order valence-electron chi connectivity index (χ0n) is 9.93. The van der Waals surface area contributed by atoms with Gasteiger partial charge in [-0.3, -0.25) is 5.10 Å². The summed E-state index contributed by atoms with van der Waals surface area (Å²) in [5.41, 5.74) is 5.87. The maximum Gasteiger partial charge on any atom is 0.244 e. The lowest BCUT2D eigenvalue weighted by Gasteiger charge is -2.11. The van der Waals surface area contributed by atoms with Gasteiger partial charge in [0.05, 0.1) is 6.10 Å². The lowest BCUT2D eigenvalue weighted by atomic mass is 10.2. The highest BCUT2D eigenvalue weighted by molar-refractivity contribution is 5.31. The van der Waals surface area contributed by atoms with E-state index in [4.69, 9.17) is 10.5 Å². The zero-order valence-corrected chi connectivity index (χ0v) is 9.93. The Balaban J connectivity index is 1.61. The Morgan fingerprint density at radius 3 is 3.12 bits per heavy atom. The lowest BCUT2D eigenvalue weighted by Crippen LogP contribution is -2.27. The molecule has 3 N–H and O–H groups in total. The standard InChI is InChI=1S/C11H19N5O/c12-8-3-4-16(7-8)11-13-10(14-15-11)6-9-2-1-5-17-9/h8-9H,1-7,12H2,(H,13,14,15). The maximum absolute atomic E-state index is 5.87. The summed E-state index contributed by atoms with van der Waals surface area (Å²) in [6.45, 7) is 2.70. The topological polar surface area (TPSA) is 80.1 Å². The molecule has 0 aliphatic carbocycles. The van der Waals surface area contributed by atoms with Gasteiger partial charge in [0, 0.05) is 32.2 Å². The van der Waals surface area contributed by atoms with Crippen molar-refractivity contribution in [3.05, 3.63) is 5.82 Å². The number of nitrogens with two attached hydrogens (primary N) is 1. The van der Waals surface area contributed by atoms with Crippen LogP contribution in [-0.4, -0.2) is 47.0 Å². The van der Waals surface area contributed by atoms with Crippen molar-refractivity contribution in [3.8, 4) is 0 Å². The van der Waals surface area contributed by atoms with E-state index >= 15 is 0 Å². The molecule has 2 atom stereocenters. The fourth-order valence-electron chi connectivity index (χ4n) is 2.51. The summed E-state index contributed by atoms with van der Waals surface area (Å²) in [6.07, 6.45) is 4.47. The van der Waals surface area contributed by atoms with Crippen molar-refractivity contribution in [1.82, 2.24) is 15.2 Å². The average Bonchev–Trinajstić information content (AvgIpc) is 2.99. The minimum absolute atomic E-state index is 0.259. The average molecular weight is 237 g/mol. The van der Waals surface area contributed by atoms with Crippen molar-refractivity contribution in [2.45, 2.75) is 37.8 Å². The number of rotatable bonds is 3. The van der Waals surface area contributed by atoms with E-state index in [2.05, 4.69) is 20.1 Å². The summed E-state index contributed by atoms with van der Waals surface area (Å²) >= 11 is 0. The first kappa shape index (κ1) is 11.0. The normalized spacial score (nSPS) is 29.1. The van der Waals surface area contributed by atoms with Crippen molar-refractivity contribution < 1.29 is 4.74 Å². The van der Waals surface area contributed by atoms with Crippen LogP contribution >= 0.6 is 0 Å². The predicted molar refractivity (Wildman–Crippen MR) is 63.9 cm³/mol. The molecule has 2 saturated heterocycles. The molecule has 0 amide bonds. The summed E-state index contributed by atoms with van der Waals surface area (Å²) in [7, 11) is 0. The third-order valence-corrected chi connectivity index (χ3v) is 3.47. The van der Waals surface area contributed by atoms with Gasteiger partial charge in [-0.2, -0.15) is 4.98 Å². The number of hydrogen-bond acceptors (Lipinski definition) is 5. The Morgan fingerprint density at radius 1 is 1.47 bits per heavy atom. The molecule has 6 nitrogen and oxygen atoms in total. The van der Waals surface area contributed by atoms with E-state index in [1.807, 2.05) is 0 Å². The molecule has 17 heavy (non-hydrogen) atoms. The molecule has 0 aromatic carbocycles. The van der Waals surface area contributed by atoms with Crippen LogP contribution in [0.4, 0.5) is 5.95 Å². The van der Waals surface area contributed by atoms with Crippen molar-refractivity contribution >= 4 is 5.95 Å². The largest absolute Gasteiger partial charge is 0.378 e. The van der Waals surface area contributed by atoms with Crippen LogP contribution in [0, 0.1) is 0 Å². The summed E-state index contributed by atoms with van der Waals surface area (Å²) in [4.78, 5) is 6.65. The fraction of sp³-hybridized carbons (Fsp3) is 0.818. The van der Waals surface area contributed by atoms with Gasteiger partial charge in [-0.25, -0.2) is 0 Å². The highest BCUT2D eigenvalue weighted by atomic mass is 16.5. The van der Waals surface area contributed by atoms with Gasteiger partial charge in [-0.05, 0) is 19.3 Å². The lowest BCUT2D eigenvalue weighted by molar-refractivity contribution is 0.110. The number of aromatic amines is 1. The van der Waals surface area contributed by atoms with Crippen LogP contribution in [0.5, 0.6) is 0 Å². The maximum atomic E-state index is 5.87. The first-order valence-electron chi connectivity index (χ1n) is 6.34. The van der Waals surface area contributed by atoms with Crippen LogP contribution in [0.2, 0.25) is 0 Å². The Bertz CT molecular complexity index is 374. The molecule has 2 aliphatic heterocycles. The highest BCUT2D eigenvalue weighted by Gasteiger charge is 2.23. The Kier molecular flexibility index (Phi) is 2.98. The molecule has 1 aromatic rings. The molecule has 2 fully saturated rings. The van der Waals surface area contributed by atoms with Crippen molar-refractivity contribution in [2.24, 2.45) is 5.73 Å². The third-order valence-electron chi connectivity index (χ3n) is 3.47. The van der Waals surface area contributed by atoms with E-state index in [9.17, 15) is 0 Å². The molecule has 2 aliphatic rings. The second-order valence-corrected chi connectivity index (χ2v) is 4.92. The molecule has 0 radical (unpaired) electrons. The monoisotopic (exact) mass is 237 g/mol. The van der Waals surface area contributed by atoms with Gasteiger partial charge in [0.2, 0.25) is 5.95 Å². The number of aromatic nitrogens is 3. The van der Waals surface area contributed by atoms with Crippen LogP contribution in [0.25, 0.3) is 0 Å². The molecule has 0 bridgehead atoms. The second kappa shape index (κ2) is 4.62. The molecule has 3 heterocycles. The number of anilines is 1. The minimum Gasteiger partial charge on any atom is -0.378 e. The van der Waals surface area contributed by atoms with Crippen LogP contribution in [0.3, 0.4) is 0 Å². The van der Waals surface area contributed by atoms with Crippen molar-refractivity contribution in [2.75, 3.05) is 24.6 Å². The van der Waals surface area contributed by atoms with Gasteiger partial charge in [-0.15, -0.1) is 5.10 Å². The van der Waals surface area contributed by atoms with Crippen LogP contribution in [0.15, 0.2) is 0 Å². The Morgan fingerprint density at radius 2 is 2.41 bits per heavy atom. The van der Waals surface area contributed by atoms with E-state index in [0.29, 0.717) is 6.10 Å². The smallest absolute Gasteiger partial charge is 0.244 e. The van der Waals surface area contributed by atoms with Crippen molar-refractivity contribution in [3.63, 3.8) is 0 Å². The quantitative estimate of drug-likeness (QED) is 0.777. The van der Waals surface area contributed by atoms with E-state index in [0.717, 1.165) is 57.2 Å². The molecule has 0 spiro atoms. The highest BCUT2D eigenvalue weighted by Crippen LogP contribution is 2.18. The Hall–Kier alpha value is -1.14. The number of hydrogen-bond donors (Lipinski definition) is 2. The van der Waals surface area contributed by atoms with Gasteiger partial charge in [0.1, 0.15) is 5.82 Å². The number of nitrogens with one attached hydrogen (secondary N) is 1. The fourth-order valence-corrected chi connectivity index (χ4v) is 2.51. The van der Waals surface area contributed by atoms with Gasteiger partial charge < -0.3 is 15.4 Å². The third kappa shape index (κ3) is 2.42. The van der Waals surface area contributed by atoms with E-state index < -0.39 is 0 Å². The molecule has 94 valence electrons. The van der Waals surface area contributed by atoms with Gasteiger partial charge in [0.25, 0.3) is 0 Å². The van der Waals surface area contributed by atoms with Crippen LogP contribution < -0.4 is 10.6 Å². The summed E-state index contributed by atoms with van der Waals surface area (Å²) in [6, 6.07) is 0.259. The zero-order chi connectivity index (χ0) is 11.7. The van der Waals surface area contributed by atoms with E-state index in [1.165, 1.54) is 0 Å². The summed E-state index contributed by atoms with van der Waals surface area (Å²) < 4.78 is 5.59. The van der Waals surface area contributed by atoms with Crippen LogP contribution in [0.1, 0.15) is 25.1 Å². The summed E-state index contributed by atoms with van der Waals surface area (Å²) in [5, 5.41) is 7.25. The first-order valence-corrected chi connectivity index (χ1v) is 6.34. The predicted octanol–water partition coefficient (Wildman–Crippen LogP) is 0.0636. The van der Waals surface area contributed by atoms with Gasteiger partial charge in [-0.1, -0.05) is 0 Å². The number of nitrogens with zero attached hydrogens (tertiary/aromatic N) is 3. The molecule has 2 unspecified atom stereocenters. The summed E-state index contributed by atoms with van der Waals surface area (Å²) in [5.74, 6) is 1.71. The number of ether oxygens (including phenoxy) is 1. The Labute approximate surface area is 101 Å². The molecule has 0 saturated carbocycles. The molecular weight excluding hydrogens is 218 g/mol. The van der Waals surface area contributed by atoms with Crippen molar-refractivity contribution in [1.29, 1.82) is 0 Å². The first-order chi connectivity index (χ1) is 8.31. The van der Waals surface area contributed by atoms with E-state index in [1.54, 1.807) is 0 Å². The molecule has 1 aromatic heterocycles. The SMILES string of the molecule is NC1CCN(c2n[nH]c(CC3CCCO3)n2)C1. The molecule has 3 rings (SSSR count).